The zero-order chi connectivity index (χ0) is 18.2. The van der Waals surface area contributed by atoms with E-state index in [1.807, 2.05) is 0 Å². The topological polar surface area (TPSA) is 60.0 Å². The summed E-state index contributed by atoms with van der Waals surface area (Å²) in [4.78, 5) is 14.9. The molecular weight excluding hydrogens is 320 g/mol. The minimum atomic E-state index is -0.105. The summed E-state index contributed by atoms with van der Waals surface area (Å²) in [6.45, 7) is 4.70. The van der Waals surface area contributed by atoms with E-state index in [0.717, 1.165) is 38.8 Å². The Morgan fingerprint density at radius 3 is 2.32 bits per heavy atom. The smallest absolute Gasteiger partial charge is 0.251 e. The highest BCUT2D eigenvalue weighted by Crippen LogP contribution is 2.38. The number of carbonyl (C=O) groups is 1. The highest BCUT2D eigenvalue weighted by atomic mass is 16.5. The van der Waals surface area contributed by atoms with Crippen LogP contribution in [0.2, 0.25) is 0 Å². The third-order valence-electron chi connectivity index (χ3n) is 4.52. The lowest BCUT2D eigenvalue weighted by Gasteiger charge is -2.29. The molecule has 1 N–H and O–H groups in total. The zero-order valence-corrected chi connectivity index (χ0v) is 15.8. The van der Waals surface area contributed by atoms with Gasteiger partial charge in [-0.25, -0.2) is 0 Å². The number of nitrogens with zero attached hydrogens (tertiary/aromatic N) is 1. The number of benzene rings is 1. The zero-order valence-electron chi connectivity index (χ0n) is 15.8. The van der Waals surface area contributed by atoms with E-state index >= 15 is 0 Å². The van der Waals surface area contributed by atoms with Crippen molar-refractivity contribution in [2.45, 2.75) is 38.6 Å². The van der Waals surface area contributed by atoms with Gasteiger partial charge >= 0.3 is 0 Å². The van der Waals surface area contributed by atoms with Crippen LogP contribution in [-0.2, 0) is 0 Å². The van der Waals surface area contributed by atoms with Crippen molar-refractivity contribution in [1.29, 1.82) is 0 Å². The summed E-state index contributed by atoms with van der Waals surface area (Å²) >= 11 is 0. The number of rotatable bonds is 8. The Morgan fingerprint density at radius 2 is 1.80 bits per heavy atom. The average molecular weight is 350 g/mol. The van der Waals surface area contributed by atoms with E-state index in [9.17, 15) is 4.79 Å². The largest absolute Gasteiger partial charge is 0.493 e. The van der Waals surface area contributed by atoms with Crippen molar-refractivity contribution in [2.24, 2.45) is 0 Å². The molecule has 1 aromatic rings. The fourth-order valence-electron chi connectivity index (χ4n) is 2.89. The first-order chi connectivity index (χ1) is 12.1. The first-order valence-corrected chi connectivity index (χ1v) is 8.97. The van der Waals surface area contributed by atoms with Crippen LogP contribution >= 0.6 is 0 Å². The molecule has 0 radical (unpaired) electrons. The average Bonchev–Trinajstić information content (AvgIpc) is 2.63. The second kappa shape index (κ2) is 9.51. The van der Waals surface area contributed by atoms with Crippen molar-refractivity contribution in [3.05, 3.63) is 17.7 Å². The number of unbranched alkanes of at least 4 members (excludes halogenated alkanes) is 1. The van der Waals surface area contributed by atoms with Gasteiger partial charge in [0.25, 0.3) is 5.91 Å². The number of carbonyl (C=O) groups excluding carboxylic acids is 1. The number of hydrogen-bond acceptors (Lipinski definition) is 5. The third-order valence-corrected chi connectivity index (χ3v) is 4.52. The lowest BCUT2D eigenvalue weighted by molar-refractivity contribution is 0.0916. The SMILES string of the molecule is CCCCOc1c(OC)cc(C(=O)NC2CCN(C)CC2)cc1OC. The fraction of sp³-hybridized carbons (Fsp3) is 0.632. The predicted molar refractivity (Wildman–Crippen MR) is 97.9 cm³/mol. The molecule has 140 valence electrons. The van der Waals surface area contributed by atoms with E-state index in [1.165, 1.54) is 0 Å². The van der Waals surface area contributed by atoms with E-state index in [-0.39, 0.29) is 11.9 Å². The Morgan fingerprint density at radius 1 is 1.20 bits per heavy atom. The van der Waals surface area contributed by atoms with E-state index < -0.39 is 0 Å². The van der Waals surface area contributed by atoms with E-state index in [1.54, 1.807) is 26.4 Å². The van der Waals surface area contributed by atoms with Gasteiger partial charge in [0.05, 0.1) is 20.8 Å². The molecule has 1 aliphatic rings. The number of methoxy groups -OCH3 is 2. The van der Waals surface area contributed by atoms with Crippen LogP contribution < -0.4 is 19.5 Å². The van der Waals surface area contributed by atoms with Crippen LogP contribution in [0, 0.1) is 0 Å². The van der Waals surface area contributed by atoms with Crippen LogP contribution in [0.3, 0.4) is 0 Å². The lowest BCUT2D eigenvalue weighted by atomic mass is 10.0. The number of amides is 1. The van der Waals surface area contributed by atoms with Gasteiger partial charge in [0, 0.05) is 11.6 Å². The van der Waals surface area contributed by atoms with Gasteiger partial charge < -0.3 is 24.4 Å². The molecule has 6 heteroatoms. The molecule has 1 heterocycles. The third kappa shape index (κ3) is 5.26. The minimum Gasteiger partial charge on any atom is -0.493 e. The maximum atomic E-state index is 12.6. The van der Waals surface area contributed by atoms with Gasteiger partial charge in [-0.2, -0.15) is 0 Å². The molecule has 1 aromatic carbocycles. The predicted octanol–water partition coefficient (Wildman–Crippen LogP) is 2.71. The molecule has 0 spiro atoms. The highest BCUT2D eigenvalue weighted by Gasteiger charge is 2.22. The summed E-state index contributed by atoms with van der Waals surface area (Å²) in [5.41, 5.74) is 0.524. The Kier molecular flexibility index (Phi) is 7.37. The summed E-state index contributed by atoms with van der Waals surface area (Å²) in [5.74, 6) is 1.48. The monoisotopic (exact) mass is 350 g/mol. The van der Waals surface area contributed by atoms with Crippen molar-refractivity contribution in [1.82, 2.24) is 10.2 Å². The van der Waals surface area contributed by atoms with Crippen LogP contribution in [0.1, 0.15) is 43.0 Å². The maximum absolute atomic E-state index is 12.6. The van der Waals surface area contributed by atoms with Crippen molar-refractivity contribution in [2.75, 3.05) is 41.0 Å². The quantitative estimate of drug-likeness (QED) is 0.731. The molecule has 1 aliphatic heterocycles. The van der Waals surface area contributed by atoms with Crippen molar-refractivity contribution in [3.8, 4) is 17.2 Å². The second-order valence-electron chi connectivity index (χ2n) is 6.46. The molecule has 0 aromatic heterocycles. The van der Waals surface area contributed by atoms with Crippen LogP contribution in [-0.4, -0.2) is 57.8 Å². The highest BCUT2D eigenvalue weighted by molar-refractivity contribution is 5.95. The van der Waals surface area contributed by atoms with Gasteiger partial charge in [0.2, 0.25) is 5.75 Å². The van der Waals surface area contributed by atoms with Crippen LogP contribution in [0.25, 0.3) is 0 Å². The van der Waals surface area contributed by atoms with E-state index in [0.29, 0.717) is 29.4 Å². The second-order valence-corrected chi connectivity index (χ2v) is 6.46. The maximum Gasteiger partial charge on any atom is 0.251 e. The van der Waals surface area contributed by atoms with Crippen molar-refractivity contribution < 1.29 is 19.0 Å². The summed E-state index contributed by atoms with van der Waals surface area (Å²) in [6, 6.07) is 3.64. The first kappa shape index (κ1) is 19.4. The Labute approximate surface area is 150 Å². The number of piperidine rings is 1. The molecule has 0 bridgehead atoms. The van der Waals surface area contributed by atoms with Gasteiger partial charge in [0.1, 0.15) is 0 Å². The van der Waals surface area contributed by atoms with Gasteiger partial charge in [-0.05, 0) is 51.5 Å². The standard InChI is InChI=1S/C19H30N2O4/c1-5-6-11-25-18-16(23-3)12-14(13-17(18)24-4)19(22)20-15-7-9-21(2)10-8-15/h12-13,15H,5-11H2,1-4H3,(H,20,22). The molecule has 1 fully saturated rings. The molecule has 6 nitrogen and oxygen atoms in total. The number of ether oxygens (including phenoxy) is 3. The molecular formula is C19H30N2O4. The molecule has 25 heavy (non-hydrogen) atoms. The molecule has 0 saturated carbocycles. The fourth-order valence-corrected chi connectivity index (χ4v) is 2.89. The summed E-state index contributed by atoms with van der Waals surface area (Å²) in [5, 5.41) is 3.11. The molecule has 0 unspecified atom stereocenters. The lowest BCUT2D eigenvalue weighted by Crippen LogP contribution is -2.43. The van der Waals surface area contributed by atoms with Crippen molar-refractivity contribution >= 4 is 5.91 Å². The van der Waals surface area contributed by atoms with E-state index in [4.69, 9.17) is 14.2 Å². The molecule has 1 amide bonds. The van der Waals surface area contributed by atoms with Crippen LogP contribution in [0.5, 0.6) is 17.2 Å². The van der Waals surface area contributed by atoms with Crippen LogP contribution in [0.15, 0.2) is 12.1 Å². The summed E-state index contributed by atoms with van der Waals surface area (Å²) < 4.78 is 16.6. The summed E-state index contributed by atoms with van der Waals surface area (Å²) in [6.07, 6.45) is 3.93. The summed E-state index contributed by atoms with van der Waals surface area (Å²) in [7, 11) is 5.24. The minimum absolute atomic E-state index is 0.105. The van der Waals surface area contributed by atoms with Crippen LogP contribution in [0.4, 0.5) is 0 Å². The van der Waals surface area contributed by atoms with E-state index in [2.05, 4.69) is 24.2 Å². The normalized spacial score (nSPS) is 15.7. The molecule has 0 aliphatic carbocycles. The van der Waals surface area contributed by atoms with Gasteiger partial charge in [-0.1, -0.05) is 13.3 Å². The van der Waals surface area contributed by atoms with Gasteiger partial charge in [-0.3, -0.25) is 4.79 Å². The van der Waals surface area contributed by atoms with Crippen molar-refractivity contribution in [3.63, 3.8) is 0 Å². The Bertz CT molecular complexity index is 544. The molecule has 1 saturated heterocycles. The van der Waals surface area contributed by atoms with Gasteiger partial charge in [-0.15, -0.1) is 0 Å². The number of hydrogen-bond donors (Lipinski definition) is 1. The molecule has 0 atom stereocenters. The Hall–Kier alpha value is -1.95. The number of likely N-dealkylation sites (tertiary alicyclic amines) is 1. The Balaban J connectivity index is 2.13. The number of nitrogens with one attached hydrogen (secondary N) is 1. The van der Waals surface area contributed by atoms with Gasteiger partial charge in [0.15, 0.2) is 11.5 Å². The first-order valence-electron chi connectivity index (χ1n) is 8.97. The molecule has 2 rings (SSSR count).